The molecule has 1 heterocycles. The minimum Gasteiger partial charge on any atom is -0.395 e. The molecule has 0 aromatic heterocycles. The molecule has 0 amide bonds. The SMILES string of the molecule is OCCNC(=S)SN1CCOCC1. The molecule has 4 nitrogen and oxygen atoms in total. The molecular formula is C7H14N2O2S2. The van der Waals surface area contributed by atoms with Crippen molar-refractivity contribution in [3.8, 4) is 0 Å². The number of ether oxygens (including phenoxy) is 1. The summed E-state index contributed by atoms with van der Waals surface area (Å²) in [4.78, 5) is 0. The van der Waals surface area contributed by atoms with Gasteiger partial charge in [-0.05, 0) is 11.9 Å². The highest BCUT2D eigenvalue weighted by Gasteiger charge is 2.12. The van der Waals surface area contributed by atoms with E-state index in [1.165, 1.54) is 11.9 Å². The van der Waals surface area contributed by atoms with Crippen molar-refractivity contribution in [2.75, 3.05) is 39.5 Å². The number of hydrogen-bond acceptors (Lipinski definition) is 5. The van der Waals surface area contributed by atoms with E-state index in [0.29, 0.717) is 6.54 Å². The van der Waals surface area contributed by atoms with Crippen molar-refractivity contribution in [3.05, 3.63) is 0 Å². The van der Waals surface area contributed by atoms with E-state index in [4.69, 9.17) is 22.1 Å². The number of hydrogen-bond donors (Lipinski definition) is 2. The van der Waals surface area contributed by atoms with Crippen molar-refractivity contribution in [1.82, 2.24) is 9.62 Å². The van der Waals surface area contributed by atoms with Gasteiger partial charge in [-0.1, -0.05) is 12.2 Å². The van der Waals surface area contributed by atoms with Gasteiger partial charge in [-0.2, -0.15) is 0 Å². The maximum atomic E-state index is 8.56. The lowest BCUT2D eigenvalue weighted by atomic mass is 10.5. The van der Waals surface area contributed by atoms with Gasteiger partial charge in [0.1, 0.15) is 4.32 Å². The fourth-order valence-electron chi connectivity index (χ4n) is 0.945. The van der Waals surface area contributed by atoms with Crippen molar-refractivity contribution in [1.29, 1.82) is 0 Å². The molecule has 0 spiro atoms. The average molecular weight is 222 g/mol. The third-order valence-corrected chi connectivity index (χ3v) is 2.86. The Morgan fingerprint density at radius 1 is 1.54 bits per heavy atom. The fourth-order valence-corrected chi connectivity index (χ4v) is 2.10. The third kappa shape index (κ3) is 4.78. The van der Waals surface area contributed by atoms with Gasteiger partial charge in [-0.15, -0.1) is 0 Å². The maximum Gasteiger partial charge on any atom is 0.149 e. The Bertz CT molecular complexity index is 163. The zero-order valence-electron chi connectivity index (χ0n) is 7.36. The minimum atomic E-state index is 0.115. The fraction of sp³-hybridized carbons (Fsp3) is 0.857. The Balaban J connectivity index is 2.11. The van der Waals surface area contributed by atoms with E-state index in [1.807, 2.05) is 0 Å². The Morgan fingerprint density at radius 2 is 2.23 bits per heavy atom. The summed E-state index contributed by atoms with van der Waals surface area (Å²) in [6.07, 6.45) is 0. The summed E-state index contributed by atoms with van der Waals surface area (Å²) in [6.45, 7) is 4.00. The lowest BCUT2D eigenvalue weighted by Crippen LogP contribution is -2.34. The largest absolute Gasteiger partial charge is 0.395 e. The van der Waals surface area contributed by atoms with E-state index >= 15 is 0 Å². The van der Waals surface area contributed by atoms with Crippen LogP contribution in [0.4, 0.5) is 0 Å². The van der Waals surface area contributed by atoms with E-state index in [0.717, 1.165) is 30.6 Å². The van der Waals surface area contributed by atoms with Gasteiger partial charge in [0.15, 0.2) is 0 Å². The number of aliphatic hydroxyl groups is 1. The summed E-state index contributed by atoms with van der Waals surface area (Å²) in [5, 5.41) is 11.5. The molecular weight excluding hydrogens is 208 g/mol. The smallest absolute Gasteiger partial charge is 0.149 e. The highest BCUT2D eigenvalue weighted by atomic mass is 32.2. The van der Waals surface area contributed by atoms with Crippen LogP contribution in [0.3, 0.4) is 0 Å². The van der Waals surface area contributed by atoms with Crippen molar-refractivity contribution in [2.24, 2.45) is 0 Å². The predicted octanol–water partition coefficient (Wildman–Crippen LogP) is -0.166. The molecule has 0 saturated carbocycles. The lowest BCUT2D eigenvalue weighted by Gasteiger charge is -2.25. The number of nitrogens with zero attached hydrogens (tertiary/aromatic N) is 1. The van der Waals surface area contributed by atoms with Crippen molar-refractivity contribution in [3.63, 3.8) is 0 Å². The molecule has 0 aliphatic carbocycles. The number of thiocarbonyl (C=S) groups is 1. The van der Waals surface area contributed by atoms with E-state index in [1.54, 1.807) is 0 Å². The Labute approximate surface area is 87.8 Å². The molecule has 0 bridgehead atoms. The van der Waals surface area contributed by atoms with Crippen LogP contribution in [-0.4, -0.2) is 53.2 Å². The highest BCUT2D eigenvalue weighted by molar-refractivity contribution is 8.21. The summed E-state index contributed by atoms with van der Waals surface area (Å²) in [7, 11) is 0. The summed E-state index contributed by atoms with van der Waals surface area (Å²) in [5.41, 5.74) is 0. The van der Waals surface area contributed by atoms with E-state index < -0.39 is 0 Å². The average Bonchev–Trinajstić information content (AvgIpc) is 2.16. The van der Waals surface area contributed by atoms with Crippen LogP contribution in [0.1, 0.15) is 0 Å². The van der Waals surface area contributed by atoms with Crippen LogP contribution in [0.2, 0.25) is 0 Å². The van der Waals surface area contributed by atoms with Gasteiger partial charge in [0.05, 0.1) is 19.8 Å². The van der Waals surface area contributed by atoms with Gasteiger partial charge >= 0.3 is 0 Å². The molecule has 0 radical (unpaired) electrons. The first kappa shape index (κ1) is 11.2. The van der Waals surface area contributed by atoms with Gasteiger partial charge in [0.2, 0.25) is 0 Å². The monoisotopic (exact) mass is 222 g/mol. The summed E-state index contributed by atoms with van der Waals surface area (Å²) >= 11 is 6.58. The van der Waals surface area contributed by atoms with Crippen molar-refractivity contribution >= 4 is 28.5 Å². The van der Waals surface area contributed by atoms with Gasteiger partial charge in [-0.25, -0.2) is 4.31 Å². The molecule has 1 fully saturated rings. The number of nitrogens with one attached hydrogen (secondary N) is 1. The second kappa shape index (κ2) is 6.56. The molecule has 0 unspecified atom stereocenters. The quantitative estimate of drug-likeness (QED) is 0.511. The molecule has 1 rings (SSSR count). The first-order valence-electron chi connectivity index (χ1n) is 4.22. The normalized spacial score (nSPS) is 18.5. The third-order valence-electron chi connectivity index (χ3n) is 1.56. The summed E-state index contributed by atoms with van der Waals surface area (Å²) in [5.74, 6) is 0. The molecule has 1 aliphatic rings. The van der Waals surface area contributed by atoms with E-state index in [2.05, 4.69) is 9.62 Å². The van der Waals surface area contributed by atoms with Gasteiger partial charge < -0.3 is 15.2 Å². The number of morpholine rings is 1. The van der Waals surface area contributed by atoms with Crippen LogP contribution in [-0.2, 0) is 4.74 Å². The molecule has 1 aliphatic heterocycles. The minimum absolute atomic E-state index is 0.115. The lowest BCUT2D eigenvalue weighted by molar-refractivity contribution is 0.0777. The number of aliphatic hydroxyl groups excluding tert-OH is 1. The second-order valence-corrected chi connectivity index (χ2v) is 4.34. The van der Waals surface area contributed by atoms with Crippen LogP contribution in [0.5, 0.6) is 0 Å². The molecule has 0 atom stereocenters. The zero-order valence-corrected chi connectivity index (χ0v) is 8.99. The molecule has 0 aromatic carbocycles. The first-order chi connectivity index (χ1) is 6.33. The maximum absolute atomic E-state index is 8.56. The van der Waals surface area contributed by atoms with Crippen molar-refractivity contribution in [2.45, 2.75) is 0 Å². The second-order valence-electron chi connectivity index (χ2n) is 2.57. The van der Waals surface area contributed by atoms with Crippen molar-refractivity contribution < 1.29 is 9.84 Å². The Kier molecular flexibility index (Phi) is 5.65. The molecule has 0 aromatic rings. The van der Waals surface area contributed by atoms with Crippen LogP contribution >= 0.6 is 24.2 Å². The first-order valence-corrected chi connectivity index (χ1v) is 5.40. The Morgan fingerprint density at radius 3 is 2.85 bits per heavy atom. The summed E-state index contributed by atoms with van der Waals surface area (Å²) in [6, 6.07) is 0. The van der Waals surface area contributed by atoms with Crippen LogP contribution in [0.25, 0.3) is 0 Å². The van der Waals surface area contributed by atoms with Gasteiger partial charge in [-0.3, -0.25) is 0 Å². The van der Waals surface area contributed by atoms with Crippen LogP contribution in [0, 0.1) is 0 Å². The summed E-state index contributed by atoms with van der Waals surface area (Å²) < 4.78 is 8.09. The van der Waals surface area contributed by atoms with Crippen LogP contribution in [0.15, 0.2) is 0 Å². The predicted molar refractivity (Wildman–Crippen MR) is 57.7 cm³/mol. The molecule has 6 heteroatoms. The number of rotatable bonds is 3. The zero-order chi connectivity index (χ0) is 9.52. The highest BCUT2D eigenvalue weighted by Crippen LogP contribution is 2.12. The molecule has 1 saturated heterocycles. The van der Waals surface area contributed by atoms with E-state index in [9.17, 15) is 0 Å². The Hall–Kier alpha value is 0.120. The molecule has 76 valence electrons. The van der Waals surface area contributed by atoms with Gasteiger partial charge in [0, 0.05) is 19.6 Å². The van der Waals surface area contributed by atoms with E-state index in [-0.39, 0.29) is 6.61 Å². The van der Waals surface area contributed by atoms with Gasteiger partial charge in [0.25, 0.3) is 0 Å². The van der Waals surface area contributed by atoms with Crippen LogP contribution < -0.4 is 5.32 Å². The topological polar surface area (TPSA) is 44.7 Å². The standard InChI is InChI=1S/C7H14N2O2S2/c10-4-1-8-7(12)13-9-2-5-11-6-3-9/h10H,1-6H2,(H,8,12). The molecule has 13 heavy (non-hydrogen) atoms. The molecule has 2 N–H and O–H groups in total.